The lowest BCUT2D eigenvalue weighted by atomic mass is 10.1. The number of nitrogens with zero attached hydrogens (tertiary/aromatic N) is 5. The highest BCUT2D eigenvalue weighted by Gasteiger charge is 2.23. The molecule has 29 heavy (non-hydrogen) atoms. The van der Waals surface area contributed by atoms with Gasteiger partial charge in [-0.1, -0.05) is 53.5 Å². The van der Waals surface area contributed by atoms with Crippen molar-refractivity contribution >= 4 is 34.7 Å². The van der Waals surface area contributed by atoms with Crippen molar-refractivity contribution in [2.45, 2.75) is 6.10 Å². The number of ether oxygens (including phenoxy) is 1. The molecule has 2 aromatic heterocycles. The van der Waals surface area contributed by atoms with Crippen LogP contribution in [0.15, 0.2) is 60.7 Å². The van der Waals surface area contributed by atoms with E-state index in [1.807, 2.05) is 30.3 Å². The third-order valence-corrected chi connectivity index (χ3v) is 5.37. The van der Waals surface area contributed by atoms with Gasteiger partial charge in [-0.3, -0.25) is 0 Å². The molecule has 6 nitrogen and oxygen atoms in total. The van der Waals surface area contributed by atoms with Gasteiger partial charge in [-0.2, -0.15) is 4.52 Å². The average Bonchev–Trinajstić information content (AvgIpc) is 3.17. The smallest absolute Gasteiger partial charge is 0.185 e. The summed E-state index contributed by atoms with van der Waals surface area (Å²) in [5.74, 6) is 1.44. The molecule has 146 valence electrons. The molecule has 1 aliphatic rings. The molecule has 5 rings (SSSR count). The fraction of sp³-hybridized carbons (Fsp3) is 0.190. The summed E-state index contributed by atoms with van der Waals surface area (Å²) in [5.41, 5.74) is 2.59. The van der Waals surface area contributed by atoms with Crippen LogP contribution < -0.4 is 4.90 Å². The Morgan fingerprint density at radius 2 is 1.72 bits per heavy atom. The van der Waals surface area contributed by atoms with Crippen LogP contribution in [-0.4, -0.2) is 39.5 Å². The minimum absolute atomic E-state index is 0.00886. The van der Waals surface area contributed by atoms with Gasteiger partial charge in [0.15, 0.2) is 11.5 Å². The van der Waals surface area contributed by atoms with Crippen molar-refractivity contribution in [3.05, 3.63) is 76.3 Å². The van der Waals surface area contributed by atoms with Gasteiger partial charge in [0.2, 0.25) is 0 Å². The van der Waals surface area contributed by atoms with E-state index in [1.165, 1.54) is 0 Å². The Morgan fingerprint density at radius 3 is 2.52 bits per heavy atom. The normalized spacial score (nSPS) is 17.0. The number of halogens is 2. The zero-order valence-corrected chi connectivity index (χ0v) is 16.9. The van der Waals surface area contributed by atoms with E-state index in [2.05, 4.69) is 27.2 Å². The van der Waals surface area contributed by atoms with Crippen LogP contribution in [0.2, 0.25) is 10.0 Å². The molecule has 2 aromatic carbocycles. The van der Waals surface area contributed by atoms with Gasteiger partial charge < -0.3 is 9.64 Å². The first-order valence-corrected chi connectivity index (χ1v) is 10.0. The summed E-state index contributed by atoms with van der Waals surface area (Å²) < 4.78 is 7.70. The summed E-state index contributed by atoms with van der Waals surface area (Å²) in [4.78, 5) is 2.22. The number of hydrogen-bond donors (Lipinski definition) is 0. The monoisotopic (exact) mass is 425 g/mol. The summed E-state index contributed by atoms with van der Waals surface area (Å²) in [6, 6.07) is 19.4. The molecule has 1 aliphatic heterocycles. The van der Waals surface area contributed by atoms with E-state index in [1.54, 1.807) is 22.7 Å². The Balaban J connectivity index is 1.49. The lowest BCUT2D eigenvalue weighted by molar-refractivity contribution is 0.0394. The standard InChI is InChI=1S/C21H17Cl2N5O/c22-16-10-15(11-17(23)12-16)21-25-24-19-6-7-20(26-28(19)21)27-8-9-29-18(13-27)14-4-2-1-3-5-14/h1-7,10-12,18H,8-9,13H2/t18-/m0/s1. The number of morpholine rings is 1. The maximum atomic E-state index is 6.16. The average molecular weight is 426 g/mol. The van der Waals surface area contributed by atoms with Crippen LogP contribution in [-0.2, 0) is 4.74 Å². The number of fused-ring (bicyclic) bond motifs is 1. The third kappa shape index (κ3) is 3.67. The van der Waals surface area contributed by atoms with E-state index < -0.39 is 0 Å². The van der Waals surface area contributed by atoms with Gasteiger partial charge in [0.1, 0.15) is 11.9 Å². The summed E-state index contributed by atoms with van der Waals surface area (Å²) in [7, 11) is 0. The van der Waals surface area contributed by atoms with Crippen molar-refractivity contribution < 1.29 is 4.74 Å². The molecule has 1 atom stereocenters. The van der Waals surface area contributed by atoms with E-state index in [4.69, 9.17) is 33.0 Å². The van der Waals surface area contributed by atoms with Crippen molar-refractivity contribution in [3.8, 4) is 11.4 Å². The largest absolute Gasteiger partial charge is 0.370 e. The molecule has 0 spiro atoms. The molecular weight excluding hydrogens is 409 g/mol. The van der Waals surface area contributed by atoms with Gasteiger partial charge in [0.05, 0.1) is 6.61 Å². The number of hydrogen-bond acceptors (Lipinski definition) is 5. The topological polar surface area (TPSA) is 55.5 Å². The molecular formula is C21H17Cl2N5O. The molecule has 0 radical (unpaired) electrons. The minimum atomic E-state index is 0.00886. The maximum absolute atomic E-state index is 6.16. The van der Waals surface area contributed by atoms with Crippen LogP contribution in [0, 0.1) is 0 Å². The van der Waals surface area contributed by atoms with E-state index in [-0.39, 0.29) is 6.10 Å². The van der Waals surface area contributed by atoms with Crippen molar-refractivity contribution in [3.63, 3.8) is 0 Å². The summed E-state index contributed by atoms with van der Waals surface area (Å²) in [6.07, 6.45) is 0.00886. The van der Waals surface area contributed by atoms with Crippen LogP contribution in [0.25, 0.3) is 17.0 Å². The SMILES string of the molecule is Clc1cc(Cl)cc(-c2nnc3ccc(N4CCO[C@H](c5ccccc5)C4)nn23)c1. The second kappa shape index (κ2) is 7.63. The Hall–Kier alpha value is -2.67. The first-order valence-electron chi connectivity index (χ1n) is 9.28. The summed E-state index contributed by atoms with van der Waals surface area (Å²) in [5, 5.41) is 14.4. The van der Waals surface area contributed by atoms with Crippen LogP contribution in [0.1, 0.15) is 11.7 Å². The van der Waals surface area contributed by atoms with E-state index in [0.29, 0.717) is 28.1 Å². The second-order valence-electron chi connectivity index (χ2n) is 6.86. The predicted octanol–water partition coefficient (Wildman–Crippen LogP) is 4.68. The lowest BCUT2D eigenvalue weighted by Crippen LogP contribution is -2.39. The minimum Gasteiger partial charge on any atom is -0.370 e. The van der Waals surface area contributed by atoms with Crippen molar-refractivity contribution in [2.24, 2.45) is 0 Å². The van der Waals surface area contributed by atoms with Gasteiger partial charge in [-0.25, -0.2) is 0 Å². The molecule has 1 saturated heterocycles. The van der Waals surface area contributed by atoms with Crippen LogP contribution in [0.3, 0.4) is 0 Å². The van der Waals surface area contributed by atoms with Gasteiger partial charge in [-0.15, -0.1) is 15.3 Å². The zero-order chi connectivity index (χ0) is 19.8. The van der Waals surface area contributed by atoms with Crippen LogP contribution >= 0.6 is 23.2 Å². The number of benzene rings is 2. The van der Waals surface area contributed by atoms with E-state index in [0.717, 1.165) is 30.0 Å². The number of anilines is 1. The highest BCUT2D eigenvalue weighted by Crippen LogP contribution is 2.28. The highest BCUT2D eigenvalue weighted by molar-refractivity contribution is 6.35. The van der Waals surface area contributed by atoms with Gasteiger partial charge >= 0.3 is 0 Å². The molecule has 8 heteroatoms. The molecule has 4 aromatic rings. The number of aromatic nitrogens is 4. The highest BCUT2D eigenvalue weighted by atomic mass is 35.5. The third-order valence-electron chi connectivity index (χ3n) is 4.93. The molecule has 0 saturated carbocycles. The van der Waals surface area contributed by atoms with Gasteiger partial charge in [0, 0.05) is 28.7 Å². The first kappa shape index (κ1) is 18.4. The van der Waals surface area contributed by atoms with Crippen LogP contribution in [0.4, 0.5) is 5.82 Å². The van der Waals surface area contributed by atoms with E-state index >= 15 is 0 Å². The van der Waals surface area contributed by atoms with Crippen molar-refractivity contribution in [1.29, 1.82) is 0 Å². The molecule has 0 N–H and O–H groups in total. The Bertz CT molecular complexity index is 1140. The molecule has 0 unspecified atom stereocenters. The van der Waals surface area contributed by atoms with Gasteiger partial charge in [-0.05, 0) is 35.9 Å². The summed E-state index contributed by atoms with van der Waals surface area (Å²) >= 11 is 12.3. The van der Waals surface area contributed by atoms with E-state index in [9.17, 15) is 0 Å². The van der Waals surface area contributed by atoms with Crippen molar-refractivity contribution in [2.75, 3.05) is 24.6 Å². The molecule has 0 bridgehead atoms. The zero-order valence-electron chi connectivity index (χ0n) is 15.4. The maximum Gasteiger partial charge on any atom is 0.185 e. The van der Waals surface area contributed by atoms with Crippen LogP contribution in [0.5, 0.6) is 0 Å². The molecule has 3 heterocycles. The predicted molar refractivity (Wildman–Crippen MR) is 114 cm³/mol. The quantitative estimate of drug-likeness (QED) is 0.476. The first-order chi connectivity index (χ1) is 14.2. The lowest BCUT2D eigenvalue weighted by Gasteiger charge is -2.33. The molecule has 0 aliphatic carbocycles. The Morgan fingerprint density at radius 1 is 0.931 bits per heavy atom. The molecule has 1 fully saturated rings. The fourth-order valence-corrected chi connectivity index (χ4v) is 4.06. The second-order valence-corrected chi connectivity index (χ2v) is 7.73. The Labute approximate surface area is 177 Å². The fourth-order valence-electron chi connectivity index (χ4n) is 3.54. The Kier molecular flexibility index (Phi) is 4.83. The number of rotatable bonds is 3. The van der Waals surface area contributed by atoms with Crippen molar-refractivity contribution in [1.82, 2.24) is 19.8 Å². The summed E-state index contributed by atoms with van der Waals surface area (Å²) in [6.45, 7) is 2.13. The molecule has 0 amide bonds. The van der Waals surface area contributed by atoms with Gasteiger partial charge in [0.25, 0.3) is 0 Å².